The van der Waals surface area contributed by atoms with Crippen molar-refractivity contribution in [2.45, 2.75) is 65.3 Å². The predicted molar refractivity (Wildman–Crippen MR) is 104 cm³/mol. The maximum absolute atomic E-state index is 12.4. The summed E-state index contributed by atoms with van der Waals surface area (Å²) >= 11 is 6.37. The molecule has 0 N–H and O–H groups in total. The quantitative estimate of drug-likeness (QED) is 0.692. The molecule has 1 aromatic carbocycles. The van der Waals surface area contributed by atoms with Gasteiger partial charge in [0.1, 0.15) is 5.60 Å². The molecule has 140 valence electrons. The standard InChI is InChI=1S/C19H25BClNO4/c1-17(2,3)24-16(23)22-11-14(21)13-10-12(8-9-15(13)22)20-25-18(4,5)19(6,7)26-20/h8-11H,1-7H3. The van der Waals surface area contributed by atoms with Gasteiger partial charge in [0.25, 0.3) is 0 Å². The number of hydrogen-bond acceptors (Lipinski definition) is 4. The van der Waals surface area contributed by atoms with Crippen LogP contribution in [0.15, 0.2) is 24.4 Å². The van der Waals surface area contributed by atoms with Crippen molar-refractivity contribution in [2.75, 3.05) is 0 Å². The van der Waals surface area contributed by atoms with Crippen molar-refractivity contribution in [3.8, 4) is 0 Å². The Bertz CT molecular complexity index is 850. The number of rotatable bonds is 1. The van der Waals surface area contributed by atoms with Crippen molar-refractivity contribution in [2.24, 2.45) is 0 Å². The molecule has 26 heavy (non-hydrogen) atoms. The van der Waals surface area contributed by atoms with Crippen LogP contribution in [0.5, 0.6) is 0 Å². The number of nitrogens with zero attached hydrogens (tertiary/aromatic N) is 1. The summed E-state index contributed by atoms with van der Waals surface area (Å²) in [7, 11) is -0.481. The average molecular weight is 378 g/mol. The van der Waals surface area contributed by atoms with Gasteiger partial charge in [0.05, 0.1) is 21.7 Å². The van der Waals surface area contributed by atoms with Gasteiger partial charge in [-0.3, -0.25) is 4.57 Å². The molecule has 2 aromatic rings. The molecule has 1 fully saturated rings. The molecule has 1 aliphatic rings. The van der Waals surface area contributed by atoms with E-state index in [2.05, 4.69) is 0 Å². The third-order valence-corrected chi connectivity index (χ3v) is 5.20. The molecular weight excluding hydrogens is 352 g/mol. The van der Waals surface area contributed by atoms with Crippen LogP contribution in [0.2, 0.25) is 5.02 Å². The summed E-state index contributed by atoms with van der Waals surface area (Å²) in [4.78, 5) is 12.4. The van der Waals surface area contributed by atoms with Gasteiger partial charge >= 0.3 is 13.2 Å². The molecule has 5 nitrogen and oxygen atoms in total. The largest absolute Gasteiger partial charge is 0.494 e. The highest BCUT2D eigenvalue weighted by atomic mass is 35.5. The molecule has 1 saturated heterocycles. The van der Waals surface area contributed by atoms with Crippen molar-refractivity contribution in [1.82, 2.24) is 4.57 Å². The van der Waals surface area contributed by atoms with Crippen LogP contribution in [0.1, 0.15) is 48.5 Å². The number of aromatic nitrogens is 1. The molecule has 1 aromatic heterocycles. The summed E-state index contributed by atoms with van der Waals surface area (Å²) in [6, 6.07) is 5.63. The van der Waals surface area contributed by atoms with E-state index in [4.69, 9.17) is 25.6 Å². The highest BCUT2D eigenvalue weighted by Crippen LogP contribution is 2.37. The van der Waals surface area contributed by atoms with Crippen LogP contribution in [0, 0.1) is 0 Å². The normalized spacial score (nSPS) is 19.2. The summed E-state index contributed by atoms with van der Waals surface area (Å²) in [5.74, 6) is 0. The van der Waals surface area contributed by atoms with E-state index in [1.165, 1.54) is 4.57 Å². The zero-order chi connectivity index (χ0) is 19.5. The molecular formula is C19H25BClNO4. The van der Waals surface area contributed by atoms with Gasteiger partial charge in [0.2, 0.25) is 0 Å². The molecule has 0 aliphatic carbocycles. The molecule has 2 heterocycles. The van der Waals surface area contributed by atoms with E-state index < -0.39 is 30.0 Å². The van der Waals surface area contributed by atoms with Gasteiger partial charge in [-0.1, -0.05) is 23.7 Å². The third-order valence-electron chi connectivity index (χ3n) is 4.90. The van der Waals surface area contributed by atoms with E-state index in [1.807, 2.05) is 66.7 Å². The Labute approximate surface area is 159 Å². The second-order valence-electron chi connectivity index (χ2n) is 8.69. The lowest BCUT2D eigenvalue weighted by Gasteiger charge is -2.32. The molecule has 0 radical (unpaired) electrons. The first-order valence-corrected chi connectivity index (χ1v) is 9.08. The molecule has 7 heteroatoms. The smallest absolute Gasteiger partial charge is 0.443 e. The monoisotopic (exact) mass is 377 g/mol. The molecule has 0 amide bonds. The third kappa shape index (κ3) is 3.38. The summed E-state index contributed by atoms with van der Waals surface area (Å²) in [6.45, 7) is 13.5. The van der Waals surface area contributed by atoms with Crippen molar-refractivity contribution in [3.63, 3.8) is 0 Å². The average Bonchev–Trinajstić information content (AvgIpc) is 2.91. The first-order valence-electron chi connectivity index (χ1n) is 8.70. The van der Waals surface area contributed by atoms with Crippen LogP contribution in [0.25, 0.3) is 10.9 Å². The van der Waals surface area contributed by atoms with Gasteiger partial charge in [-0.15, -0.1) is 0 Å². The van der Waals surface area contributed by atoms with Gasteiger partial charge in [0, 0.05) is 11.6 Å². The van der Waals surface area contributed by atoms with Crippen LogP contribution >= 0.6 is 11.6 Å². The maximum atomic E-state index is 12.4. The fourth-order valence-corrected chi connectivity index (χ4v) is 3.04. The van der Waals surface area contributed by atoms with E-state index >= 15 is 0 Å². The number of halogens is 1. The van der Waals surface area contributed by atoms with Gasteiger partial charge in [-0.05, 0) is 60.0 Å². The van der Waals surface area contributed by atoms with E-state index in [1.54, 1.807) is 6.20 Å². The van der Waals surface area contributed by atoms with Crippen LogP contribution < -0.4 is 5.46 Å². The fourth-order valence-electron chi connectivity index (χ4n) is 2.80. The van der Waals surface area contributed by atoms with Crippen LogP contribution in [-0.2, 0) is 14.0 Å². The van der Waals surface area contributed by atoms with Crippen molar-refractivity contribution < 1.29 is 18.8 Å². The summed E-state index contributed by atoms with van der Waals surface area (Å²) < 4.78 is 19.1. The minimum atomic E-state index is -0.581. The van der Waals surface area contributed by atoms with Gasteiger partial charge < -0.3 is 14.0 Å². The minimum absolute atomic E-state index is 0.418. The van der Waals surface area contributed by atoms with Crippen LogP contribution in [-0.4, -0.2) is 34.6 Å². The van der Waals surface area contributed by atoms with Gasteiger partial charge in [-0.2, -0.15) is 0 Å². The molecule has 0 spiro atoms. The molecule has 3 rings (SSSR count). The Morgan fingerprint density at radius 2 is 1.73 bits per heavy atom. The molecule has 0 saturated carbocycles. The zero-order valence-electron chi connectivity index (χ0n) is 16.3. The zero-order valence-corrected chi connectivity index (χ0v) is 17.1. The first-order chi connectivity index (χ1) is 11.8. The molecule has 0 unspecified atom stereocenters. The highest BCUT2D eigenvalue weighted by Gasteiger charge is 2.51. The fraction of sp³-hybridized carbons (Fsp3) is 0.526. The minimum Gasteiger partial charge on any atom is -0.443 e. The molecule has 0 bridgehead atoms. The number of benzene rings is 1. The lowest BCUT2D eigenvalue weighted by Crippen LogP contribution is -2.41. The van der Waals surface area contributed by atoms with E-state index in [0.29, 0.717) is 10.5 Å². The van der Waals surface area contributed by atoms with E-state index in [9.17, 15) is 4.79 Å². The van der Waals surface area contributed by atoms with Crippen LogP contribution in [0.4, 0.5) is 4.79 Å². The second kappa shape index (κ2) is 6.01. The van der Waals surface area contributed by atoms with Gasteiger partial charge in [-0.25, -0.2) is 4.79 Å². The van der Waals surface area contributed by atoms with Crippen molar-refractivity contribution >= 4 is 41.2 Å². The van der Waals surface area contributed by atoms with Gasteiger partial charge in [0.15, 0.2) is 0 Å². The predicted octanol–water partition coefficient (Wildman–Crippen LogP) is 4.38. The Morgan fingerprint density at radius 3 is 2.27 bits per heavy atom. The summed E-state index contributed by atoms with van der Waals surface area (Å²) in [6.07, 6.45) is 1.12. The second-order valence-corrected chi connectivity index (χ2v) is 9.10. The summed E-state index contributed by atoms with van der Waals surface area (Å²) in [5, 5.41) is 1.23. The topological polar surface area (TPSA) is 49.7 Å². The number of ether oxygens (including phenoxy) is 1. The molecule has 1 aliphatic heterocycles. The summed E-state index contributed by atoms with van der Waals surface area (Å²) in [5.41, 5.74) is 0.130. The lowest BCUT2D eigenvalue weighted by atomic mass is 9.78. The Morgan fingerprint density at radius 1 is 1.15 bits per heavy atom. The van der Waals surface area contributed by atoms with Crippen molar-refractivity contribution in [3.05, 3.63) is 29.4 Å². The Hall–Kier alpha value is -1.50. The number of fused-ring (bicyclic) bond motifs is 1. The highest BCUT2D eigenvalue weighted by molar-refractivity contribution is 6.62. The van der Waals surface area contributed by atoms with E-state index in [-0.39, 0.29) is 0 Å². The molecule has 0 atom stereocenters. The first kappa shape index (κ1) is 19.3. The maximum Gasteiger partial charge on any atom is 0.494 e. The number of hydrogen-bond donors (Lipinski definition) is 0. The number of carbonyl (C=O) groups excluding carboxylic acids is 1. The Kier molecular flexibility index (Phi) is 4.45. The Balaban J connectivity index is 1.96. The van der Waals surface area contributed by atoms with Crippen molar-refractivity contribution in [1.29, 1.82) is 0 Å². The SMILES string of the molecule is CC(C)(C)OC(=O)n1cc(Cl)c2cc(B3OC(C)(C)C(C)(C)O3)ccc21. The lowest BCUT2D eigenvalue weighted by molar-refractivity contribution is 0.00578. The van der Waals surface area contributed by atoms with E-state index in [0.717, 1.165) is 10.8 Å². The number of carbonyl (C=O) groups is 1. The van der Waals surface area contributed by atoms with Crippen LogP contribution in [0.3, 0.4) is 0 Å².